The van der Waals surface area contributed by atoms with E-state index in [2.05, 4.69) is 10.9 Å². The molecule has 1 aromatic heterocycles. The molecule has 0 bridgehead atoms. The number of aryl methyl sites for hydroxylation is 2. The number of carbonyl (C=O) groups excluding carboxylic acids is 2. The van der Waals surface area contributed by atoms with Gasteiger partial charge in [0.15, 0.2) is 0 Å². The molecule has 4 nitrogen and oxygen atoms in total. The van der Waals surface area contributed by atoms with Crippen LogP contribution < -0.4 is 10.9 Å². The van der Waals surface area contributed by atoms with Crippen molar-refractivity contribution in [3.63, 3.8) is 0 Å². The summed E-state index contributed by atoms with van der Waals surface area (Å²) >= 11 is 1.43. The van der Waals surface area contributed by atoms with Crippen LogP contribution in [-0.2, 0) is 6.42 Å². The van der Waals surface area contributed by atoms with Crippen LogP contribution in [0.25, 0.3) is 0 Å². The van der Waals surface area contributed by atoms with Crippen molar-refractivity contribution in [2.45, 2.75) is 20.3 Å². The van der Waals surface area contributed by atoms with Gasteiger partial charge < -0.3 is 0 Å². The van der Waals surface area contributed by atoms with Gasteiger partial charge in [-0.05, 0) is 37.1 Å². The number of rotatable bonds is 3. The van der Waals surface area contributed by atoms with Crippen molar-refractivity contribution >= 4 is 23.2 Å². The van der Waals surface area contributed by atoms with E-state index in [1.807, 2.05) is 26.0 Å². The van der Waals surface area contributed by atoms with Crippen molar-refractivity contribution in [3.8, 4) is 0 Å². The summed E-state index contributed by atoms with van der Waals surface area (Å²) in [6.07, 6.45) is 0.895. The lowest BCUT2D eigenvalue weighted by molar-refractivity contribution is 0.0849. The van der Waals surface area contributed by atoms with Gasteiger partial charge in [-0.3, -0.25) is 20.4 Å². The molecule has 0 aliphatic rings. The van der Waals surface area contributed by atoms with Crippen molar-refractivity contribution in [1.82, 2.24) is 10.9 Å². The average molecular weight is 288 g/mol. The van der Waals surface area contributed by atoms with Gasteiger partial charge in [-0.25, -0.2) is 0 Å². The van der Waals surface area contributed by atoms with Crippen LogP contribution in [0.5, 0.6) is 0 Å². The molecule has 0 spiro atoms. The zero-order valence-corrected chi connectivity index (χ0v) is 12.2. The van der Waals surface area contributed by atoms with Crippen LogP contribution in [0, 0.1) is 6.92 Å². The molecule has 1 heterocycles. The molecule has 20 heavy (non-hydrogen) atoms. The number of nitrogens with one attached hydrogen (secondary N) is 2. The van der Waals surface area contributed by atoms with E-state index in [9.17, 15) is 9.59 Å². The van der Waals surface area contributed by atoms with E-state index in [0.29, 0.717) is 10.4 Å². The molecular weight excluding hydrogens is 272 g/mol. The highest BCUT2D eigenvalue weighted by Crippen LogP contribution is 2.21. The minimum absolute atomic E-state index is 0.290. The van der Waals surface area contributed by atoms with E-state index in [-0.39, 0.29) is 11.8 Å². The Kier molecular flexibility index (Phi) is 4.53. The zero-order valence-electron chi connectivity index (χ0n) is 11.4. The van der Waals surface area contributed by atoms with E-state index < -0.39 is 0 Å². The molecule has 2 rings (SSSR count). The molecule has 1 aromatic carbocycles. The van der Waals surface area contributed by atoms with Crippen LogP contribution in [0.3, 0.4) is 0 Å². The average Bonchev–Trinajstić information content (AvgIpc) is 2.86. The van der Waals surface area contributed by atoms with Gasteiger partial charge in [0.25, 0.3) is 11.8 Å². The van der Waals surface area contributed by atoms with Crippen LogP contribution in [0.1, 0.15) is 37.4 Å². The number of hydrogen-bond donors (Lipinski definition) is 2. The third-order valence-corrected chi connectivity index (χ3v) is 4.04. The van der Waals surface area contributed by atoms with E-state index in [1.165, 1.54) is 11.3 Å². The fraction of sp³-hybridized carbons (Fsp3) is 0.200. The first-order valence-electron chi connectivity index (χ1n) is 6.37. The first-order chi connectivity index (χ1) is 9.61. The van der Waals surface area contributed by atoms with Gasteiger partial charge in [-0.1, -0.05) is 25.1 Å². The van der Waals surface area contributed by atoms with Gasteiger partial charge in [-0.15, -0.1) is 11.3 Å². The van der Waals surface area contributed by atoms with Gasteiger partial charge in [0.2, 0.25) is 0 Å². The Balaban J connectivity index is 1.97. The molecule has 5 heteroatoms. The summed E-state index contributed by atoms with van der Waals surface area (Å²) in [5, 5.41) is 0. The van der Waals surface area contributed by atoms with Crippen LogP contribution in [0.15, 0.2) is 36.4 Å². The molecule has 0 saturated heterocycles. The molecule has 0 aliphatic heterocycles. The van der Waals surface area contributed by atoms with Gasteiger partial charge >= 0.3 is 0 Å². The van der Waals surface area contributed by atoms with Crippen molar-refractivity contribution in [2.24, 2.45) is 0 Å². The Morgan fingerprint density at radius 3 is 2.35 bits per heavy atom. The lowest BCUT2D eigenvalue weighted by atomic mass is 10.2. The smallest absolute Gasteiger partial charge is 0.267 e. The monoisotopic (exact) mass is 288 g/mol. The molecule has 2 amide bonds. The van der Waals surface area contributed by atoms with Crippen LogP contribution in [0.2, 0.25) is 0 Å². The Bertz CT molecular complexity index is 620. The first-order valence-corrected chi connectivity index (χ1v) is 7.18. The molecular formula is C15H16N2O2S. The minimum atomic E-state index is -0.331. The molecule has 0 atom stereocenters. The maximum Gasteiger partial charge on any atom is 0.279 e. The molecule has 0 unspecified atom stereocenters. The summed E-state index contributed by atoms with van der Waals surface area (Å²) in [6, 6.07) is 10.6. The number of hydrogen-bond acceptors (Lipinski definition) is 3. The summed E-state index contributed by atoms with van der Waals surface area (Å²) < 4.78 is 0. The predicted molar refractivity (Wildman–Crippen MR) is 79.8 cm³/mol. The fourth-order valence-electron chi connectivity index (χ4n) is 1.82. The van der Waals surface area contributed by atoms with Gasteiger partial charge in [0.05, 0.1) is 4.88 Å². The number of carbonyl (C=O) groups is 2. The highest BCUT2D eigenvalue weighted by Gasteiger charge is 2.12. The Morgan fingerprint density at radius 2 is 1.75 bits per heavy atom. The normalized spacial score (nSPS) is 10.1. The summed E-state index contributed by atoms with van der Waals surface area (Å²) in [4.78, 5) is 25.5. The van der Waals surface area contributed by atoms with Gasteiger partial charge in [-0.2, -0.15) is 0 Å². The molecule has 2 N–H and O–H groups in total. The predicted octanol–water partition coefficient (Wildman–Crippen LogP) is 2.69. The van der Waals surface area contributed by atoms with Crippen molar-refractivity contribution in [2.75, 3.05) is 0 Å². The summed E-state index contributed by atoms with van der Waals surface area (Å²) in [5.74, 6) is -0.620. The van der Waals surface area contributed by atoms with Crippen molar-refractivity contribution in [1.29, 1.82) is 0 Å². The Morgan fingerprint density at radius 1 is 1.10 bits per heavy atom. The zero-order chi connectivity index (χ0) is 14.5. The molecule has 0 saturated carbocycles. The quantitative estimate of drug-likeness (QED) is 0.853. The molecule has 104 valence electrons. The largest absolute Gasteiger partial charge is 0.279 e. The fourth-order valence-corrected chi connectivity index (χ4v) is 2.83. The lowest BCUT2D eigenvalue weighted by Crippen LogP contribution is -2.41. The van der Waals surface area contributed by atoms with Crippen LogP contribution in [-0.4, -0.2) is 11.8 Å². The topological polar surface area (TPSA) is 58.2 Å². The third kappa shape index (κ3) is 3.24. The summed E-state index contributed by atoms with van der Waals surface area (Å²) in [7, 11) is 0. The number of thiophene rings is 1. The summed E-state index contributed by atoms with van der Waals surface area (Å²) in [6.45, 7) is 4.04. The maximum absolute atomic E-state index is 11.9. The van der Waals surface area contributed by atoms with Crippen molar-refractivity contribution in [3.05, 3.63) is 57.3 Å². The summed E-state index contributed by atoms with van der Waals surface area (Å²) in [5.41, 5.74) is 6.51. The minimum Gasteiger partial charge on any atom is -0.267 e. The molecule has 0 aliphatic carbocycles. The van der Waals surface area contributed by atoms with Crippen LogP contribution >= 0.6 is 11.3 Å². The first kappa shape index (κ1) is 14.3. The number of amides is 2. The van der Waals surface area contributed by atoms with E-state index in [1.54, 1.807) is 24.3 Å². The molecule has 2 aromatic rings. The molecule has 0 fully saturated rings. The van der Waals surface area contributed by atoms with E-state index >= 15 is 0 Å². The van der Waals surface area contributed by atoms with Gasteiger partial charge in [0, 0.05) is 10.4 Å². The standard InChI is InChI=1S/C15H16N2O2S/c1-3-11-9-13(20-10(11)2)15(19)17-16-14(18)12-7-5-4-6-8-12/h4-9H,3H2,1-2H3,(H,16,18)(H,17,19). The molecule has 0 radical (unpaired) electrons. The Hall–Kier alpha value is -2.14. The highest BCUT2D eigenvalue weighted by atomic mass is 32.1. The second kappa shape index (κ2) is 6.34. The highest BCUT2D eigenvalue weighted by molar-refractivity contribution is 7.14. The Labute approximate surface area is 121 Å². The maximum atomic E-state index is 11.9. The van der Waals surface area contributed by atoms with E-state index in [0.717, 1.165) is 16.9 Å². The van der Waals surface area contributed by atoms with E-state index in [4.69, 9.17) is 0 Å². The van der Waals surface area contributed by atoms with Crippen LogP contribution in [0.4, 0.5) is 0 Å². The second-order valence-corrected chi connectivity index (χ2v) is 5.58. The lowest BCUT2D eigenvalue weighted by Gasteiger charge is -2.05. The number of benzene rings is 1. The third-order valence-electron chi connectivity index (χ3n) is 2.95. The second-order valence-electron chi connectivity index (χ2n) is 4.32. The van der Waals surface area contributed by atoms with Gasteiger partial charge in [0.1, 0.15) is 0 Å². The van der Waals surface area contributed by atoms with Crippen molar-refractivity contribution < 1.29 is 9.59 Å². The number of hydrazine groups is 1. The SMILES string of the molecule is CCc1cc(C(=O)NNC(=O)c2ccccc2)sc1C.